The normalized spacial score (nSPS) is 21.8. The molecule has 3 heterocycles. The number of furan rings is 1. The molecule has 0 saturated carbocycles. The molecule has 1 N–H and O–H groups in total. The highest BCUT2D eigenvalue weighted by Crippen LogP contribution is 2.40. The maximum Gasteiger partial charge on any atom is 0.295 e. The Morgan fingerprint density at radius 1 is 1.06 bits per heavy atom. The van der Waals surface area contributed by atoms with Gasteiger partial charge in [-0.3, -0.25) is 14.5 Å². The first-order valence-corrected chi connectivity index (χ1v) is 10.6. The van der Waals surface area contributed by atoms with Gasteiger partial charge in [-0.1, -0.05) is 17.7 Å². The van der Waals surface area contributed by atoms with Crippen molar-refractivity contribution in [3.63, 3.8) is 0 Å². The molecule has 2 aliphatic heterocycles. The highest BCUT2D eigenvalue weighted by atomic mass is 16.5. The third kappa shape index (κ3) is 4.16. The number of Topliss-reactive ketones (excluding diaryl/α,β-unsaturated/α-hetero) is 1. The van der Waals surface area contributed by atoms with Crippen molar-refractivity contribution in [1.82, 2.24) is 9.80 Å². The molecule has 7 nitrogen and oxygen atoms in total. The molecule has 1 atom stereocenters. The van der Waals surface area contributed by atoms with Gasteiger partial charge in [0.2, 0.25) is 0 Å². The molecule has 2 aromatic rings. The summed E-state index contributed by atoms with van der Waals surface area (Å²) in [5.41, 5.74) is 2.42. The number of amides is 1. The molecule has 4 rings (SSSR count). The zero-order valence-electron chi connectivity index (χ0n) is 18.2. The van der Waals surface area contributed by atoms with Gasteiger partial charge in [-0.25, -0.2) is 0 Å². The molecule has 2 aliphatic rings. The van der Waals surface area contributed by atoms with Gasteiger partial charge in [0.05, 0.1) is 18.8 Å². The minimum absolute atomic E-state index is 0.0787. The van der Waals surface area contributed by atoms with Crippen LogP contribution in [0.5, 0.6) is 0 Å². The second-order valence-corrected chi connectivity index (χ2v) is 8.21. The van der Waals surface area contributed by atoms with Crippen molar-refractivity contribution in [1.29, 1.82) is 0 Å². The molecule has 1 aromatic heterocycles. The van der Waals surface area contributed by atoms with Crippen molar-refractivity contribution in [2.75, 3.05) is 39.4 Å². The summed E-state index contributed by atoms with van der Waals surface area (Å²) in [7, 11) is 0. The number of carbonyl (C=O) groups is 2. The van der Waals surface area contributed by atoms with Gasteiger partial charge < -0.3 is 19.2 Å². The van der Waals surface area contributed by atoms with E-state index in [2.05, 4.69) is 4.90 Å². The molecule has 164 valence electrons. The van der Waals surface area contributed by atoms with E-state index >= 15 is 0 Å². The lowest BCUT2D eigenvalue weighted by atomic mass is 9.96. The summed E-state index contributed by atoms with van der Waals surface area (Å²) in [6.07, 6.45) is 0. The van der Waals surface area contributed by atoms with Crippen molar-refractivity contribution < 1.29 is 23.8 Å². The number of nitrogens with zero attached hydrogens (tertiary/aromatic N) is 2. The molecular weight excluding hydrogens is 396 g/mol. The predicted octanol–water partition coefficient (Wildman–Crippen LogP) is 2.96. The number of hydrogen-bond acceptors (Lipinski definition) is 6. The molecule has 0 unspecified atom stereocenters. The molecule has 0 spiro atoms. The van der Waals surface area contributed by atoms with Crippen LogP contribution in [0.1, 0.15) is 34.3 Å². The van der Waals surface area contributed by atoms with Crippen LogP contribution in [0.15, 0.2) is 40.3 Å². The average Bonchev–Trinajstić information content (AvgIpc) is 3.30. The van der Waals surface area contributed by atoms with Crippen LogP contribution in [-0.4, -0.2) is 66.0 Å². The van der Waals surface area contributed by atoms with E-state index in [-0.39, 0.29) is 11.3 Å². The fourth-order valence-corrected chi connectivity index (χ4v) is 4.22. The highest BCUT2D eigenvalue weighted by molar-refractivity contribution is 6.46. The summed E-state index contributed by atoms with van der Waals surface area (Å²) in [4.78, 5) is 29.8. The van der Waals surface area contributed by atoms with Crippen molar-refractivity contribution in [2.45, 2.75) is 26.8 Å². The number of hydrogen-bond donors (Lipinski definition) is 1. The molecule has 0 bridgehead atoms. The second-order valence-electron chi connectivity index (χ2n) is 8.21. The lowest BCUT2D eigenvalue weighted by Gasteiger charge is -2.30. The number of benzene rings is 1. The Balaban J connectivity index is 1.75. The van der Waals surface area contributed by atoms with Crippen LogP contribution >= 0.6 is 0 Å². The van der Waals surface area contributed by atoms with Gasteiger partial charge in [0.15, 0.2) is 0 Å². The van der Waals surface area contributed by atoms with E-state index in [0.717, 1.165) is 24.2 Å². The molecule has 2 fully saturated rings. The zero-order chi connectivity index (χ0) is 22.1. The van der Waals surface area contributed by atoms with Gasteiger partial charge in [0, 0.05) is 31.7 Å². The van der Waals surface area contributed by atoms with Crippen LogP contribution in [-0.2, 0) is 14.3 Å². The topological polar surface area (TPSA) is 83.2 Å². The second kappa shape index (κ2) is 8.69. The van der Waals surface area contributed by atoms with E-state index in [0.29, 0.717) is 43.4 Å². The Labute approximate surface area is 181 Å². The fourth-order valence-electron chi connectivity index (χ4n) is 4.22. The van der Waals surface area contributed by atoms with Crippen LogP contribution in [0.4, 0.5) is 0 Å². The first-order valence-electron chi connectivity index (χ1n) is 10.6. The Hall–Kier alpha value is -2.90. The lowest BCUT2D eigenvalue weighted by Crippen LogP contribution is -2.42. The van der Waals surface area contributed by atoms with E-state index in [1.807, 2.05) is 39.0 Å². The van der Waals surface area contributed by atoms with Crippen LogP contribution < -0.4 is 0 Å². The maximum atomic E-state index is 13.1. The number of aliphatic hydroxyl groups excluding tert-OH is 1. The summed E-state index contributed by atoms with van der Waals surface area (Å²) in [5, 5.41) is 11.2. The summed E-state index contributed by atoms with van der Waals surface area (Å²) >= 11 is 0. The van der Waals surface area contributed by atoms with Crippen LogP contribution in [0, 0.1) is 20.8 Å². The Bertz CT molecular complexity index is 1030. The quantitative estimate of drug-likeness (QED) is 0.451. The van der Waals surface area contributed by atoms with Gasteiger partial charge in [-0.15, -0.1) is 0 Å². The molecule has 31 heavy (non-hydrogen) atoms. The standard InChI is InChI=1S/C24H28N2O5/c1-15-4-5-16(2)18(14-15)22(27)20-21(19-7-6-17(3)31-19)26(24(29)23(20)28)9-8-25-10-12-30-13-11-25/h4-7,14,21,27H,8-13H2,1-3H3/b22-20+/t21-/m1/s1. The van der Waals surface area contributed by atoms with Crippen LogP contribution in [0.3, 0.4) is 0 Å². The number of likely N-dealkylation sites (tertiary alicyclic amines) is 1. The van der Waals surface area contributed by atoms with Gasteiger partial charge in [-0.05, 0) is 44.5 Å². The Morgan fingerprint density at radius 2 is 1.81 bits per heavy atom. The number of rotatable bonds is 5. The minimum Gasteiger partial charge on any atom is -0.507 e. The van der Waals surface area contributed by atoms with E-state index < -0.39 is 17.7 Å². The number of carbonyl (C=O) groups excluding carboxylic acids is 2. The Kier molecular flexibility index (Phi) is 5.98. The van der Waals surface area contributed by atoms with Gasteiger partial charge in [-0.2, -0.15) is 0 Å². The maximum absolute atomic E-state index is 13.1. The smallest absolute Gasteiger partial charge is 0.295 e. The van der Waals surface area contributed by atoms with Gasteiger partial charge in [0.1, 0.15) is 23.3 Å². The van der Waals surface area contributed by atoms with E-state index in [1.54, 1.807) is 12.1 Å². The van der Waals surface area contributed by atoms with Gasteiger partial charge in [0.25, 0.3) is 11.7 Å². The third-order valence-corrected chi connectivity index (χ3v) is 5.98. The zero-order valence-corrected chi connectivity index (χ0v) is 18.2. The van der Waals surface area contributed by atoms with E-state index in [1.165, 1.54) is 4.90 Å². The molecule has 0 radical (unpaired) electrons. The molecule has 0 aliphatic carbocycles. The fraction of sp³-hybridized carbons (Fsp3) is 0.417. The summed E-state index contributed by atoms with van der Waals surface area (Å²) in [5.74, 6) is -0.294. The molecule has 1 amide bonds. The number of morpholine rings is 1. The largest absolute Gasteiger partial charge is 0.507 e. The lowest BCUT2D eigenvalue weighted by molar-refractivity contribution is -0.140. The summed E-state index contributed by atoms with van der Waals surface area (Å²) in [6.45, 7) is 9.48. The van der Waals surface area contributed by atoms with E-state index in [4.69, 9.17) is 9.15 Å². The number of ether oxygens (including phenoxy) is 1. The molecule has 7 heteroatoms. The first kappa shape index (κ1) is 21.3. The van der Waals surface area contributed by atoms with Crippen LogP contribution in [0.25, 0.3) is 5.76 Å². The van der Waals surface area contributed by atoms with Crippen molar-refractivity contribution >= 4 is 17.4 Å². The van der Waals surface area contributed by atoms with Gasteiger partial charge >= 0.3 is 0 Å². The number of aryl methyl sites for hydroxylation is 3. The predicted molar refractivity (Wildman–Crippen MR) is 116 cm³/mol. The van der Waals surface area contributed by atoms with Crippen molar-refractivity contribution in [3.8, 4) is 0 Å². The molecule has 1 aromatic carbocycles. The van der Waals surface area contributed by atoms with Crippen molar-refractivity contribution in [3.05, 3.63) is 64.1 Å². The number of aliphatic hydroxyl groups is 1. The van der Waals surface area contributed by atoms with E-state index in [9.17, 15) is 14.7 Å². The third-order valence-electron chi connectivity index (χ3n) is 5.98. The molecule has 2 saturated heterocycles. The molecular formula is C24H28N2O5. The summed E-state index contributed by atoms with van der Waals surface area (Å²) < 4.78 is 11.2. The average molecular weight is 424 g/mol. The SMILES string of the molecule is Cc1ccc(C)c(/C(O)=C2\C(=O)C(=O)N(CCN3CCOCC3)[C@@H]2c2ccc(C)o2)c1. The van der Waals surface area contributed by atoms with Crippen LogP contribution in [0.2, 0.25) is 0 Å². The highest BCUT2D eigenvalue weighted by Gasteiger charge is 2.47. The number of ketones is 1. The van der Waals surface area contributed by atoms with Crippen molar-refractivity contribution in [2.24, 2.45) is 0 Å². The summed E-state index contributed by atoms with van der Waals surface area (Å²) in [6, 6.07) is 8.48. The minimum atomic E-state index is -0.755. The first-order chi connectivity index (χ1) is 14.9. The monoisotopic (exact) mass is 424 g/mol. The Morgan fingerprint density at radius 3 is 2.48 bits per heavy atom.